The van der Waals surface area contributed by atoms with Crippen LogP contribution >= 0.6 is 0 Å². The summed E-state index contributed by atoms with van der Waals surface area (Å²) in [6, 6.07) is 13.2. The number of sulfonamides is 1. The molecule has 0 atom stereocenters. The van der Waals surface area contributed by atoms with Gasteiger partial charge in [0.05, 0.1) is 4.90 Å². The molecular formula is C22H26N2O6S. The summed E-state index contributed by atoms with van der Waals surface area (Å²) < 4.78 is 31.5. The van der Waals surface area contributed by atoms with Crippen LogP contribution in [0.5, 0.6) is 0 Å². The number of hydrogen-bond donors (Lipinski definition) is 1. The normalized spacial score (nSPS) is 11.1. The molecule has 9 heteroatoms. The van der Waals surface area contributed by atoms with Gasteiger partial charge in [0.15, 0.2) is 12.4 Å². The number of carbonyl (C=O) groups excluding carboxylic acids is 3. The Balaban J connectivity index is 1.80. The van der Waals surface area contributed by atoms with Crippen LogP contribution in [0.25, 0.3) is 0 Å². The van der Waals surface area contributed by atoms with Crippen LogP contribution in [-0.4, -0.2) is 51.2 Å². The van der Waals surface area contributed by atoms with Gasteiger partial charge in [0.25, 0.3) is 5.91 Å². The maximum Gasteiger partial charge on any atom is 0.321 e. The molecule has 0 aromatic heterocycles. The van der Waals surface area contributed by atoms with E-state index in [0.717, 1.165) is 12.0 Å². The summed E-state index contributed by atoms with van der Waals surface area (Å²) in [5, 5.41) is 0. The molecule has 0 spiro atoms. The molecule has 0 saturated carbocycles. The summed E-state index contributed by atoms with van der Waals surface area (Å²) in [6.45, 7) is 2.69. The Labute approximate surface area is 182 Å². The van der Waals surface area contributed by atoms with E-state index in [9.17, 15) is 22.8 Å². The van der Waals surface area contributed by atoms with Crippen molar-refractivity contribution in [3.05, 3.63) is 65.2 Å². The number of esters is 1. The second-order valence-corrected chi connectivity index (χ2v) is 8.75. The first-order valence-corrected chi connectivity index (χ1v) is 11.2. The molecule has 1 N–H and O–H groups in total. The van der Waals surface area contributed by atoms with Crippen molar-refractivity contribution in [3.63, 3.8) is 0 Å². The number of likely N-dealkylation sites (N-methyl/N-ethyl adjacent to an activating group) is 1. The fourth-order valence-corrected chi connectivity index (χ4v) is 3.62. The largest absolute Gasteiger partial charge is 0.455 e. The quantitative estimate of drug-likeness (QED) is 0.441. The zero-order valence-electron chi connectivity index (χ0n) is 17.8. The number of rotatable bonds is 10. The molecule has 0 unspecified atom stereocenters. The summed E-state index contributed by atoms with van der Waals surface area (Å²) in [4.78, 5) is 36.6. The Morgan fingerprint density at radius 1 is 0.968 bits per heavy atom. The summed E-state index contributed by atoms with van der Waals surface area (Å²) in [6.07, 6.45) is 0.929. The number of Topliss-reactive ketones (excluding diaryl/α,β-unsaturated/α-hetero) is 1. The maximum atomic E-state index is 12.2. The number of nitrogens with zero attached hydrogens (tertiary/aromatic N) is 1. The Hall–Kier alpha value is -3.04. The third-order valence-corrected chi connectivity index (χ3v) is 6.03. The molecule has 0 radical (unpaired) electrons. The third kappa shape index (κ3) is 7.30. The first-order chi connectivity index (χ1) is 14.6. The van der Waals surface area contributed by atoms with Crippen molar-refractivity contribution in [2.45, 2.75) is 31.7 Å². The van der Waals surface area contributed by atoms with Crippen LogP contribution in [0.1, 0.15) is 35.3 Å². The second-order valence-electron chi connectivity index (χ2n) is 6.99. The van der Waals surface area contributed by atoms with Crippen molar-refractivity contribution >= 4 is 27.7 Å². The summed E-state index contributed by atoms with van der Waals surface area (Å²) in [7, 11) is -2.36. The smallest absolute Gasteiger partial charge is 0.321 e. The van der Waals surface area contributed by atoms with Gasteiger partial charge in [-0.05, 0) is 36.6 Å². The van der Waals surface area contributed by atoms with E-state index in [0.29, 0.717) is 12.1 Å². The van der Waals surface area contributed by atoms with E-state index in [1.165, 1.54) is 41.7 Å². The van der Waals surface area contributed by atoms with Crippen molar-refractivity contribution in [2.24, 2.45) is 0 Å². The summed E-state index contributed by atoms with van der Waals surface area (Å²) in [5.74, 6) is -1.47. The van der Waals surface area contributed by atoms with Gasteiger partial charge in [0.1, 0.15) is 6.54 Å². The Morgan fingerprint density at radius 3 is 2.10 bits per heavy atom. The van der Waals surface area contributed by atoms with E-state index in [-0.39, 0.29) is 10.7 Å². The highest BCUT2D eigenvalue weighted by Crippen LogP contribution is 2.11. The molecule has 1 amide bonds. The molecule has 2 aromatic rings. The Kier molecular flexibility index (Phi) is 8.47. The van der Waals surface area contributed by atoms with Gasteiger partial charge in [0.2, 0.25) is 10.0 Å². The molecule has 0 bridgehead atoms. The number of benzene rings is 2. The van der Waals surface area contributed by atoms with Gasteiger partial charge in [0, 0.05) is 19.2 Å². The lowest BCUT2D eigenvalue weighted by Gasteiger charge is -2.17. The zero-order chi connectivity index (χ0) is 23.0. The number of amides is 1. The van der Waals surface area contributed by atoms with Crippen molar-refractivity contribution in [1.82, 2.24) is 9.62 Å². The molecule has 2 rings (SSSR count). The van der Waals surface area contributed by atoms with E-state index in [4.69, 9.17) is 4.74 Å². The highest BCUT2D eigenvalue weighted by atomic mass is 32.2. The fraction of sp³-hybridized carbons (Fsp3) is 0.318. The van der Waals surface area contributed by atoms with Crippen LogP contribution in [0, 0.1) is 0 Å². The standard InChI is InChI=1S/C22H26N2O6S/c1-4-17-5-7-18(8-6-17)14-24(3)21(26)15-30-22(27)13-23-31(28,29)20-11-9-19(10-12-20)16(2)25/h5-12,23H,4,13-15H2,1-3H3. The Bertz CT molecular complexity index is 1030. The van der Waals surface area contributed by atoms with Gasteiger partial charge >= 0.3 is 5.97 Å². The van der Waals surface area contributed by atoms with Crippen LogP contribution in [0.3, 0.4) is 0 Å². The first kappa shape index (κ1) is 24.2. The average molecular weight is 447 g/mol. The highest BCUT2D eigenvalue weighted by Gasteiger charge is 2.18. The van der Waals surface area contributed by atoms with Crippen LogP contribution in [0.2, 0.25) is 0 Å². The van der Waals surface area contributed by atoms with Gasteiger partial charge in [-0.2, -0.15) is 4.72 Å². The van der Waals surface area contributed by atoms with Gasteiger partial charge < -0.3 is 9.64 Å². The molecule has 8 nitrogen and oxygen atoms in total. The number of carbonyl (C=O) groups is 3. The lowest BCUT2D eigenvalue weighted by atomic mass is 10.1. The number of hydrogen-bond acceptors (Lipinski definition) is 6. The predicted molar refractivity (Wildman–Crippen MR) is 115 cm³/mol. The molecule has 166 valence electrons. The minimum atomic E-state index is -3.96. The molecular weight excluding hydrogens is 420 g/mol. The minimum Gasteiger partial charge on any atom is -0.455 e. The molecule has 0 aliphatic heterocycles. The highest BCUT2D eigenvalue weighted by molar-refractivity contribution is 7.89. The van der Waals surface area contributed by atoms with Crippen LogP contribution in [-0.2, 0) is 37.3 Å². The van der Waals surface area contributed by atoms with E-state index < -0.39 is 35.1 Å². The molecule has 0 aliphatic carbocycles. The van der Waals surface area contributed by atoms with Crippen molar-refractivity contribution < 1.29 is 27.5 Å². The number of ether oxygens (including phenoxy) is 1. The zero-order valence-corrected chi connectivity index (χ0v) is 18.6. The third-order valence-electron chi connectivity index (χ3n) is 4.61. The molecule has 0 aliphatic rings. The Morgan fingerprint density at radius 2 is 1.55 bits per heavy atom. The van der Waals surface area contributed by atoms with Gasteiger partial charge in [-0.1, -0.05) is 43.3 Å². The lowest BCUT2D eigenvalue weighted by molar-refractivity contribution is -0.150. The topological polar surface area (TPSA) is 110 Å². The summed E-state index contributed by atoms with van der Waals surface area (Å²) in [5.41, 5.74) is 2.52. The van der Waals surface area contributed by atoms with E-state index in [1.807, 2.05) is 24.3 Å². The molecule has 0 heterocycles. The van der Waals surface area contributed by atoms with Crippen LogP contribution in [0.4, 0.5) is 0 Å². The van der Waals surface area contributed by atoms with Gasteiger partial charge in [-0.15, -0.1) is 0 Å². The minimum absolute atomic E-state index is 0.0878. The first-order valence-electron chi connectivity index (χ1n) is 9.70. The maximum absolute atomic E-state index is 12.2. The van der Waals surface area contributed by atoms with E-state index in [1.54, 1.807) is 7.05 Å². The SMILES string of the molecule is CCc1ccc(CN(C)C(=O)COC(=O)CNS(=O)(=O)c2ccc(C(C)=O)cc2)cc1. The molecule has 0 fully saturated rings. The molecule has 0 saturated heterocycles. The average Bonchev–Trinajstić information content (AvgIpc) is 2.76. The van der Waals surface area contributed by atoms with E-state index in [2.05, 4.69) is 11.6 Å². The van der Waals surface area contributed by atoms with Crippen molar-refractivity contribution in [2.75, 3.05) is 20.2 Å². The van der Waals surface area contributed by atoms with Gasteiger partial charge in [-0.3, -0.25) is 14.4 Å². The van der Waals surface area contributed by atoms with Crippen molar-refractivity contribution in [1.29, 1.82) is 0 Å². The molecule has 31 heavy (non-hydrogen) atoms. The van der Waals surface area contributed by atoms with Crippen LogP contribution in [0.15, 0.2) is 53.4 Å². The summed E-state index contributed by atoms with van der Waals surface area (Å²) >= 11 is 0. The van der Waals surface area contributed by atoms with Gasteiger partial charge in [-0.25, -0.2) is 8.42 Å². The monoisotopic (exact) mass is 446 g/mol. The lowest BCUT2D eigenvalue weighted by Crippen LogP contribution is -2.34. The van der Waals surface area contributed by atoms with Crippen molar-refractivity contribution in [3.8, 4) is 0 Å². The predicted octanol–water partition coefficient (Wildman–Crippen LogP) is 1.93. The van der Waals surface area contributed by atoms with Crippen LogP contribution < -0.4 is 4.72 Å². The number of nitrogens with one attached hydrogen (secondary N) is 1. The fourth-order valence-electron chi connectivity index (χ4n) is 2.65. The molecule has 2 aromatic carbocycles. The number of aryl methyl sites for hydroxylation is 1. The number of ketones is 1. The van der Waals surface area contributed by atoms with E-state index >= 15 is 0 Å². The second kappa shape index (κ2) is 10.8.